The van der Waals surface area contributed by atoms with Crippen LogP contribution in [0.5, 0.6) is 0 Å². The molecule has 0 saturated heterocycles. The number of nitrogens with one attached hydrogen (secondary N) is 2. The number of aryl methyl sites for hydroxylation is 1. The maximum atomic E-state index is 12.4. The second-order valence-electron chi connectivity index (χ2n) is 5.70. The lowest BCUT2D eigenvalue weighted by Gasteiger charge is -2.21. The minimum absolute atomic E-state index is 0.0981. The minimum Gasteiger partial charge on any atom is -0.349 e. The number of pyridine rings is 1. The van der Waals surface area contributed by atoms with Gasteiger partial charge in [-0.25, -0.2) is 0 Å². The van der Waals surface area contributed by atoms with Crippen LogP contribution in [0.15, 0.2) is 12.3 Å². The number of nitrogen functional groups attached to an aromatic ring is 1. The number of amides is 1. The molecule has 1 saturated carbocycles. The fourth-order valence-electron chi connectivity index (χ4n) is 3.13. The highest BCUT2D eigenvalue weighted by atomic mass is 16.1. The molecule has 0 aliphatic heterocycles. The summed E-state index contributed by atoms with van der Waals surface area (Å²) in [7, 11) is 0. The molecular weight excluding hydrogens is 252 g/mol. The Morgan fingerprint density at radius 1 is 1.50 bits per heavy atom. The van der Waals surface area contributed by atoms with Gasteiger partial charge >= 0.3 is 0 Å². The van der Waals surface area contributed by atoms with Gasteiger partial charge in [0.15, 0.2) is 0 Å². The van der Waals surface area contributed by atoms with Gasteiger partial charge in [-0.2, -0.15) is 0 Å². The average Bonchev–Trinajstić information content (AvgIpc) is 2.79. The molecule has 1 amide bonds. The van der Waals surface area contributed by atoms with Crippen molar-refractivity contribution in [2.24, 2.45) is 17.7 Å². The summed E-state index contributed by atoms with van der Waals surface area (Å²) < 4.78 is 0. The number of nitrogens with two attached hydrogens (primary N) is 1. The van der Waals surface area contributed by atoms with Crippen LogP contribution in [-0.2, 0) is 0 Å². The monoisotopic (exact) mass is 276 g/mol. The zero-order valence-electron chi connectivity index (χ0n) is 12.4. The maximum Gasteiger partial charge on any atom is 0.255 e. The van der Waals surface area contributed by atoms with E-state index in [1.165, 1.54) is 12.8 Å². The largest absolute Gasteiger partial charge is 0.349 e. The van der Waals surface area contributed by atoms with E-state index in [0.29, 0.717) is 23.1 Å². The SMILES string of the molecule is CCC1CCC(NC(=O)c2cnc(C)cc2NN)C1C. The van der Waals surface area contributed by atoms with Crippen molar-refractivity contribution in [3.63, 3.8) is 0 Å². The Bertz CT molecular complexity index is 489. The second kappa shape index (κ2) is 6.22. The smallest absolute Gasteiger partial charge is 0.255 e. The molecular formula is C15H24N4O. The van der Waals surface area contributed by atoms with Crippen LogP contribution in [0, 0.1) is 18.8 Å². The molecule has 0 aromatic carbocycles. The van der Waals surface area contributed by atoms with E-state index in [2.05, 4.69) is 29.6 Å². The van der Waals surface area contributed by atoms with Crippen molar-refractivity contribution in [2.75, 3.05) is 5.43 Å². The predicted octanol–water partition coefficient (Wildman–Crippen LogP) is 2.23. The summed E-state index contributed by atoms with van der Waals surface area (Å²) in [5, 5.41) is 3.13. The Balaban J connectivity index is 2.09. The van der Waals surface area contributed by atoms with E-state index >= 15 is 0 Å². The number of rotatable bonds is 4. The number of carbonyl (C=O) groups is 1. The van der Waals surface area contributed by atoms with Crippen molar-refractivity contribution < 1.29 is 4.79 Å². The highest BCUT2D eigenvalue weighted by Crippen LogP contribution is 2.34. The van der Waals surface area contributed by atoms with Crippen LogP contribution in [-0.4, -0.2) is 16.9 Å². The number of hydrogen-bond donors (Lipinski definition) is 3. The fourth-order valence-corrected chi connectivity index (χ4v) is 3.13. The molecule has 110 valence electrons. The van der Waals surface area contributed by atoms with E-state index in [-0.39, 0.29) is 11.9 Å². The van der Waals surface area contributed by atoms with E-state index in [1.54, 1.807) is 12.3 Å². The summed E-state index contributed by atoms with van der Waals surface area (Å²) in [5.41, 5.74) is 4.52. The summed E-state index contributed by atoms with van der Waals surface area (Å²) in [5.74, 6) is 6.62. The van der Waals surface area contributed by atoms with Crippen LogP contribution in [0.2, 0.25) is 0 Å². The van der Waals surface area contributed by atoms with E-state index in [1.807, 2.05) is 6.92 Å². The average molecular weight is 276 g/mol. The van der Waals surface area contributed by atoms with Crippen LogP contribution in [0.25, 0.3) is 0 Å². The fraction of sp³-hybridized carbons (Fsp3) is 0.600. The quantitative estimate of drug-likeness (QED) is 0.582. The van der Waals surface area contributed by atoms with Crippen LogP contribution in [0.4, 0.5) is 5.69 Å². The van der Waals surface area contributed by atoms with Gasteiger partial charge in [-0.1, -0.05) is 20.3 Å². The molecule has 1 aromatic rings. The van der Waals surface area contributed by atoms with Gasteiger partial charge in [0.05, 0.1) is 11.3 Å². The molecule has 4 N–H and O–H groups in total. The summed E-state index contributed by atoms with van der Waals surface area (Å²) >= 11 is 0. The molecule has 5 heteroatoms. The molecule has 1 aliphatic rings. The molecule has 1 fully saturated rings. The van der Waals surface area contributed by atoms with Crippen molar-refractivity contribution in [2.45, 2.75) is 46.1 Å². The molecule has 3 unspecified atom stereocenters. The topological polar surface area (TPSA) is 80.0 Å². The predicted molar refractivity (Wildman–Crippen MR) is 80.2 cm³/mol. The van der Waals surface area contributed by atoms with Gasteiger partial charge in [-0.15, -0.1) is 0 Å². The lowest BCUT2D eigenvalue weighted by atomic mass is 9.93. The molecule has 1 aromatic heterocycles. The second-order valence-corrected chi connectivity index (χ2v) is 5.70. The Hall–Kier alpha value is -1.62. The first-order valence-corrected chi connectivity index (χ1v) is 7.31. The van der Waals surface area contributed by atoms with Gasteiger partial charge < -0.3 is 10.7 Å². The number of carbonyl (C=O) groups excluding carboxylic acids is 1. The molecule has 0 spiro atoms. The summed E-state index contributed by atoms with van der Waals surface area (Å²) in [6.07, 6.45) is 5.00. The van der Waals surface area contributed by atoms with Crippen molar-refractivity contribution in [1.82, 2.24) is 10.3 Å². The van der Waals surface area contributed by atoms with E-state index in [4.69, 9.17) is 5.84 Å². The van der Waals surface area contributed by atoms with Gasteiger partial charge in [0.1, 0.15) is 0 Å². The lowest BCUT2D eigenvalue weighted by molar-refractivity contribution is 0.0927. The summed E-state index contributed by atoms with van der Waals surface area (Å²) in [6, 6.07) is 2.03. The van der Waals surface area contributed by atoms with Crippen LogP contribution in [0.1, 0.15) is 49.2 Å². The van der Waals surface area contributed by atoms with E-state index in [9.17, 15) is 4.79 Å². The van der Waals surface area contributed by atoms with Crippen molar-refractivity contribution >= 4 is 11.6 Å². The first-order chi connectivity index (χ1) is 9.56. The Morgan fingerprint density at radius 3 is 2.85 bits per heavy atom. The molecule has 3 atom stereocenters. The molecule has 0 radical (unpaired) electrons. The zero-order chi connectivity index (χ0) is 14.7. The first kappa shape index (κ1) is 14.8. The van der Waals surface area contributed by atoms with E-state index < -0.39 is 0 Å². The number of aromatic nitrogens is 1. The van der Waals surface area contributed by atoms with Gasteiger partial charge in [0, 0.05) is 17.9 Å². The van der Waals surface area contributed by atoms with Gasteiger partial charge in [-0.05, 0) is 37.7 Å². The zero-order valence-corrected chi connectivity index (χ0v) is 12.4. The summed E-state index contributed by atoms with van der Waals surface area (Å²) in [4.78, 5) is 16.6. The van der Waals surface area contributed by atoms with Gasteiger partial charge in [-0.3, -0.25) is 15.6 Å². The maximum absolute atomic E-state index is 12.4. The van der Waals surface area contributed by atoms with Crippen molar-refractivity contribution in [1.29, 1.82) is 0 Å². The standard InChI is InChI=1S/C15H24N4O/c1-4-11-5-6-13(10(11)3)18-15(20)12-8-17-9(2)7-14(12)19-16/h7-8,10-11,13H,4-6,16H2,1-3H3,(H,17,19)(H,18,20). The molecule has 5 nitrogen and oxygen atoms in total. The van der Waals surface area contributed by atoms with Crippen molar-refractivity contribution in [3.05, 3.63) is 23.5 Å². The molecule has 1 heterocycles. The Morgan fingerprint density at radius 2 is 2.25 bits per heavy atom. The molecule has 0 bridgehead atoms. The molecule has 20 heavy (non-hydrogen) atoms. The minimum atomic E-state index is -0.0981. The lowest BCUT2D eigenvalue weighted by Crippen LogP contribution is -2.38. The third-order valence-electron chi connectivity index (χ3n) is 4.51. The molecule has 2 rings (SSSR count). The van der Waals surface area contributed by atoms with Crippen LogP contribution >= 0.6 is 0 Å². The summed E-state index contributed by atoms with van der Waals surface area (Å²) in [6.45, 7) is 6.31. The third kappa shape index (κ3) is 2.93. The number of nitrogens with zero attached hydrogens (tertiary/aromatic N) is 1. The Kier molecular flexibility index (Phi) is 4.60. The third-order valence-corrected chi connectivity index (χ3v) is 4.51. The van der Waals surface area contributed by atoms with E-state index in [0.717, 1.165) is 12.1 Å². The highest BCUT2D eigenvalue weighted by Gasteiger charge is 2.32. The van der Waals surface area contributed by atoms with Crippen molar-refractivity contribution in [3.8, 4) is 0 Å². The normalized spacial score (nSPS) is 25.5. The number of hydrogen-bond acceptors (Lipinski definition) is 4. The Labute approximate surface area is 120 Å². The first-order valence-electron chi connectivity index (χ1n) is 7.31. The van der Waals surface area contributed by atoms with Crippen LogP contribution < -0.4 is 16.6 Å². The number of anilines is 1. The van der Waals surface area contributed by atoms with Gasteiger partial charge in [0.25, 0.3) is 5.91 Å². The van der Waals surface area contributed by atoms with Gasteiger partial charge in [0.2, 0.25) is 0 Å². The molecule has 1 aliphatic carbocycles. The number of hydrazine groups is 1. The van der Waals surface area contributed by atoms with Crippen LogP contribution in [0.3, 0.4) is 0 Å². The highest BCUT2D eigenvalue weighted by molar-refractivity contribution is 5.99.